The Kier molecular flexibility index (Phi) is 4.58. The van der Waals surface area contributed by atoms with E-state index in [1.807, 2.05) is 30.3 Å². The molecule has 0 saturated heterocycles. The molecule has 5 nitrogen and oxygen atoms in total. The monoisotopic (exact) mass is 367 g/mol. The Hall–Kier alpha value is -2.50. The fourth-order valence-corrected chi connectivity index (χ4v) is 4.18. The van der Waals surface area contributed by atoms with E-state index in [2.05, 4.69) is 11.8 Å². The lowest BCUT2D eigenvalue weighted by Gasteiger charge is -2.33. The van der Waals surface area contributed by atoms with E-state index in [0.29, 0.717) is 18.0 Å². The fourth-order valence-electron chi connectivity index (χ4n) is 4.18. The van der Waals surface area contributed by atoms with E-state index in [0.717, 1.165) is 51.5 Å². The highest BCUT2D eigenvalue weighted by Gasteiger charge is 2.28. The van der Waals surface area contributed by atoms with Crippen molar-refractivity contribution >= 4 is 21.5 Å². The maximum atomic E-state index is 10.9. The van der Waals surface area contributed by atoms with Crippen LogP contribution in [-0.2, 0) is 6.54 Å². The van der Waals surface area contributed by atoms with Gasteiger partial charge in [-0.15, -0.1) is 0 Å². The van der Waals surface area contributed by atoms with Crippen LogP contribution in [-0.4, -0.2) is 44.4 Å². The average Bonchev–Trinajstić information content (AvgIpc) is 2.71. The highest BCUT2D eigenvalue weighted by molar-refractivity contribution is 6.12. The van der Waals surface area contributed by atoms with Crippen LogP contribution in [0.2, 0.25) is 0 Å². The van der Waals surface area contributed by atoms with Crippen molar-refractivity contribution in [1.82, 2.24) is 4.90 Å². The largest absolute Gasteiger partial charge is 0.497 e. The van der Waals surface area contributed by atoms with Gasteiger partial charge in [0.25, 0.3) is 0 Å². The molecule has 4 rings (SSSR count). The number of β-amino-alcohol motifs (C(OH)–C–C–N with tert-alkyl or cyclic N) is 1. The van der Waals surface area contributed by atoms with Gasteiger partial charge in [0.1, 0.15) is 5.75 Å². The van der Waals surface area contributed by atoms with Crippen LogP contribution in [0.1, 0.15) is 24.2 Å². The molecule has 1 unspecified atom stereocenters. The van der Waals surface area contributed by atoms with Crippen LogP contribution in [0.25, 0.3) is 21.5 Å². The van der Waals surface area contributed by atoms with Crippen molar-refractivity contribution in [2.24, 2.45) is 0 Å². The minimum atomic E-state index is -0.526. The van der Waals surface area contributed by atoms with Crippen LogP contribution in [0.15, 0.2) is 30.3 Å². The summed E-state index contributed by atoms with van der Waals surface area (Å²) in [5.41, 5.74) is 2.17. The number of rotatable bonds is 4. The first-order valence-electron chi connectivity index (χ1n) is 9.19. The summed E-state index contributed by atoms with van der Waals surface area (Å²) in [6.07, 6.45) is -0.526. The Morgan fingerprint density at radius 2 is 1.59 bits per heavy atom. The van der Waals surface area contributed by atoms with Gasteiger partial charge in [-0.1, -0.05) is 13.0 Å². The third kappa shape index (κ3) is 2.78. The molecule has 0 saturated carbocycles. The minimum Gasteiger partial charge on any atom is -0.497 e. The van der Waals surface area contributed by atoms with Gasteiger partial charge in [0, 0.05) is 13.1 Å². The van der Waals surface area contributed by atoms with E-state index in [-0.39, 0.29) is 0 Å². The van der Waals surface area contributed by atoms with E-state index in [1.54, 1.807) is 21.3 Å². The topological polar surface area (TPSA) is 51.2 Å². The first-order chi connectivity index (χ1) is 13.1. The van der Waals surface area contributed by atoms with Crippen LogP contribution in [0, 0.1) is 0 Å². The number of hydrogen-bond acceptors (Lipinski definition) is 5. The normalized spacial score (nSPS) is 17.1. The minimum absolute atomic E-state index is 0.526. The van der Waals surface area contributed by atoms with E-state index >= 15 is 0 Å². The summed E-state index contributed by atoms with van der Waals surface area (Å²) < 4.78 is 16.5. The Balaban J connectivity index is 2.16. The summed E-state index contributed by atoms with van der Waals surface area (Å²) in [5, 5.41) is 15.2. The number of methoxy groups -OCH3 is 3. The lowest BCUT2D eigenvalue weighted by atomic mass is 9.86. The second-order valence-electron chi connectivity index (χ2n) is 6.90. The van der Waals surface area contributed by atoms with Crippen LogP contribution >= 0.6 is 0 Å². The molecule has 0 aliphatic carbocycles. The van der Waals surface area contributed by atoms with Crippen molar-refractivity contribution in [1.29, 1.82) is 0 Å². The maximum Gasteiger partial charge on any atom is 0.161 e. The van der Waals surface area contributed by atoms with Gasteiger partial charge in [-0.2, -0.15) is 0 Å². The summed E-state index contributed by atoms with van der Waals surface area (Å²) in [4.78, 5) is 2.26. The van der Waals surface area contributed by atoms with Gasteiger partial charge in [0.2, 0.25) is 0 Å². The Bertz CT molecular complexity index is 1010. The number of hydrogen-bond donors (Lipinski definition) is 1. The number of benzene rings is 3. The summed E-state index contributed by atoms with van der Waals surface area (Å²) in [7, 11) is 4.96. The number of likely N-dealkylation sites (N-methyl/N-ethyl adjacent to an activating group) is 1. The van der Waals surface area contributed by atoms with Crippen molar-refractivity contribution < 1.29 is 19.3 Å². The van der Waals surface area contributed by atoms with E-state index in [9.17, 15) is 5.11 Å². The van der Waals surface area contributed by atoms with Crippen molar-refractivity contribution in [3.8, 4) is 17.2 Å². The van der Waals surface area contributed by atoms with Crippen molar-refractivity contribution in [2.45, 2.75) is 19.6 Å². The second kappa shape index (κ2) is 6.91. The van der Waals surface area contributed by atoms with Gasteiger partial charge in [-0.25, -0.2) is 0 Å². The highest BCUT2D eigenvalue weighted by Crippen LogP contribution is 2.44. The smallest absolute Gasteiger partial charge is 0.161 e. The summed E-state index contributed by atoms with van der Waals surface area (Å²) in [5.74, 6) is 2.18. The number of fused-ring (bicyclic) bond motifs is 6. The molecule has 0 radical (unpaired) electrons. The van der Waals surface area contributed by atoms with Crippen molar-refractivity contribution in [3.05, 3.63) is 41.5 Å². The highest BCUT2D eigenvalue weighted by atomic mass is 16.5. The lowest BCUT2D eigenvalue weighted by Crippen LogP contribution is -2.33. The SMILES string of the molecule is CCN1Cc2c(c3ccc(OC)cc3c3cc(OC)c(OC)cc23)C(O)C1. The van der Waals surface area contributed by atoms with Gasteiger partial charge in [0.15, 0.2) is 11.5 Å². The summed E-state index contributed by atoms with van der Waals surface area (Å²) in [6, 6.07) is 10.1. The fraction of sp³-hybridized carbons (Fsp3) is 0.364. The molecular formula is C22H25NO4. The lowest BCUT2D eigenvalue weighted by molar-refractivity contribution is 0.0977. The first-order valence-corrected chi connectivity index (χ1v) is 9.19. The number of nitrogens with zero attached hydrogens (tertiary/aromatic N) is 1. The van der Waals surface area contributed by atoms with Crippen molar-refractivity contribution in [3.63, 3.8) is 0 Å². The van der Waals surface area contributed by atoms with Gasteiger partial charge in [-0.05, 0) is 63.5 Å². The molecule has 3 aromatic rings. The van der Waals surface area contributed by atoms with Gasteiger partial charge in [0.05, 0.1) is 27.4 Å². The summed E-state index contributed by atoms with van der Waals surface area (Å²) >= 11 is 0. The molecule has 0 aromatic heterocycles. The van der Waals surface area contributed by atoms with E-state index in [1.165, 1.54) is 0 Å². The Morgan fingerprint density at radius 1 is 0.926 bits per heavy atom. The predicted octanol–water partition coefficient (Wildman–Crippen LogP) is 3.89. The standard InChI is InChI=1S/C22H25NO4/c1-5-23-11-18-17-10-21(27-4)20(26-3)9-16(17)15-8-13(25-2)6-7-14(15)22(18)19(24)12-23/h6-10,19,24H,5,11-12H2,1-4H3. The van der Waals surface area contributed by atoms with Gasteiger partial charge >= 0.3 is 0 Å². The number of aliphatic hydroxyl groups excluding tert-OH is 1. The van der Waals surface area contributed by atoms with Crippen molar-refractivity contribution in [2.75, 3.05) is 34.4 Å². The van der Waals surface area contributed by atoms with Crippen LogP contribution in [0.5, 0.6) is 17.2 Å². The molecule has 1 aliphatic rings. The van der Waals surface area contributed by atoms with E-state index in [4.69, 9.17) is 14.2 Å². The molecule has 1 N–H and O–H groups in total. The molecule has 5 heteroatoms. The molecule has 0 fully saturated rings. The molecule has 1 heterocycles. The van der Waals surface area contributed by atoms with Gasteiger partial charge < -0.3 is 19.3 Å². The average molecular weight is 367 g/mol. The van der Waals surface area contributed by atoms with Crippen LogP contribution < -0.4 is 14.2 Å². The third-order valence-corrected chi connectivity index (χ3v) is 5.57. The third-order valence-electron chi connectivity index (χ3n) is 5.57. The Labute approximate surface area is 159 Å². The first kappa shape index (κ1) is 17.9. The molecule has 27 heavy (non-hydrogen) atoms. The molecule has 0 spiro atoms. The zero-order valence-electron chi connectivity index (χ0n) is 16.2. The summed E-state index contributed by atoms with van der Waals surface area (Å²) in [6.45, 7) is 4.46. The quantitative estimate of drug-likeness (QED) is 0.709. The Morgan fingerprint density at radius 3 is 2.22 bits per heavy atom. The van der Waals surface area contributed by atoms with E-state index < -0.39 is 6.10 Å². The molecule has 1 atom stereocenters. The molecule has 0 bridgehead atoms. The number of aliphatic hydroxyl groups is 1. The van der Waals surface area contributed by atoms with Crippen LogP contribution in [0.3, 0.4) is 0 Å². The number of ether oxygens (including phenoxy) is 3. The molecule has 3 aromatic carbocycles. The van der Waals surface area contributed by atoms with Gasteiger partial charge in [-0.3, -0.25) is 4.90 Å². The molecular weight excluding hydrogens is 342 g/mol. The molecule has 142 valence electrons. The predicted molar refractivity (Wildman–Crippen MR) is 107 cm³/mol. The molecule has 0 amide bonds. The maximum absolute atomic E-state index is 10.9. The zero-order chi connectivity index (χ0) is 19.1. The molecule has 1 aliphatic heterocycles. The zero-order valence-corrected chi connectivity index (χ0v) is 16.2. The second-order valence-corrected chi connectivity index (χ2v) is 6.90. The van der Waals surface area contributed by atoms with Crippen LogP contribution in [0.4, 0.5) is 0 Å².